The molecule has 0 heterocycles. The summed E-state index contributed by atoms with van der Waals surface area (Å²) < 4.78 is 6.17. The maximum atomic E-state index is 11.2. The van der Waals surface area contributed by atoms with E-state index < -0.39 is 8.32 Å². The van der Waals surface area contributed by atoms with Gasteiger partial charge in [-0.05, 0) is 35.8 Å². The number of nitrogens with one attached hydrogen (secondary N) is 1. The molecular formula is C14H24N2O2Si. The molecule has 5 heteroatoms. The van der Waals surface area contributed by atoms with E-state index in [-0.39, 0.29) is 17.4 Å². The van der Waals surface area contributed by atoms with Crippen LogP contribution in [0, 0.1) is 0 Å². The molecule has 0 unspecified atom stereocenters. The zero-order valence-corrected chi connectivity index (χ0v) is 13.4. The SMILES string of the molecule is CC(C)(C)[Si](C)(C)Oc1ccc(CC(=O)NN)cc1. The van der Waals surface area contributed by atoms with Crippen LogP contribution in [0.1, 0.15) is 26.3 Å². The first-order valence-corrected chi connectivity index (χ1v) is 9.34. The highest BCUT2D eigenvalue weighted by molar-refractivity contribution is 6.74. The van der Waals surface area contributed by atoms with Gasteiger partial charge in [-0.25, -0.2) is 5.84 Å². The summed E-state index contributed by atoms with van der Waals surface area (Å²) in [6.07, 6.45) is 0.289. The Morgan fingerprint density at radius 2 is 1.79 bits per heavy atom. The molecule has 1 aromatic rings. The zero-order valence-electron chi connectivity index (χ0n) is 12.4. The summed E-state index contributed by atoms with van der Waals surface area (Å²) in [5.41, 5.74) is 3.04. The molecule has 0 bridgehead atoms. The van der Waals surface area contributed by atoms with Gasteiger partial charge in [-0.1, -0.05) is 32.9 Å². The number of hydrogen-bond acceptors (Lipinski definition) is 3. The highest BCUT2D eigenvalue weighted by Crippen LogP contribution is 2.37. The Morgan fingerprint density at radius 1 is 1.26 bits per heavy atom. The molecule has 0 atom stereocenters. The van der Waals surface area contributed by atoms with Crippen molar-refractivity contribution in [1.29, 1.82) is 0 Å². The topological polar surface area (TPSA) is 64.3 Å². The van der Waals surface area contributed by atoms with E-state index in [2.05, 4.69) is 39.3 Å². The van der Waals surface area contributed by atoms with Gasteiger partial charge >= 0.3 is 0 Å². The van der Waals surface area contributed by atoms with E-state index in [4.69, 9.17) is 10.3 Å². The number of benzene rings is 1. The summed E-state index contributed by atoms with van der Waals surface area (Å²) in [7, 11) is -1.80. The van der Waals surface area contributed by atoms with Gasteiger partial charge in [0.15, 0.2) is 0 Å². The van der Waals surface area contributed by atoms with Crippen LogP contribution >= 0.6 is 0 Å². The molecule has 0 radical (unpaired) electrons. The van der Waals surface area contributed by atoms with Crippen LogP contribution in [-0.4, -0.2) is 14.2 Å². The number of amides is 1. The van der Waals surface area contributed by atoms with Gasteiger partial charge in [0.2, 0.25) is 14.2 Å². The van der Waals surface area contributed by atoms with Gasteiger partial charge in [-0.2, -0.15) is 0 Å². The summed E-state index contributed by atoms with van der Waals surface area (Å²) in [5, 5.41) is 0.172. The van der Waals surface area contributed by atoms with Crippen LogP contribution in [0.25, 0.3) is 0 Å². The number of nitrogens with two attached hydrogens (primary N) is 1. The van der Waals surface area contributed by atoms with Crippen molar-refractivity contribution in [3.8, 4) is 5.75 Å². The van der Waals surface area contributed by atoms with Crippen molar-refractivity contribution in [2.24, 2.45) is 5.84 Å². The normalized spacial score (nSPS) is 12.1. The summed E-state index contributed by atoms with van der Waals surface area (Å²) in [4.78, 5) is 11.2. The third-order valence-corrected chi connectivity index (χ3v) is 7.99. The van der Waals surface area contributed by atoms with Crippen molar-refractivity contribution < 1.29 is 9.22 Å². The fourth-order valence-electron chi connectivity index (χ4n) is 1.36. The van der Waals surface area contributed by atoms with Crippen LogP contribution in [0.3, 0.4) is 0 Å². The highest BCUT2D eigenvalue weighted by atomic mass is 28.4. The van der Waals surface area contributed by atoms with E-state index >= 15 is 0 Å². The van der Waals surface area contributed by atoms with Gasteiger partial charge in [0.1, 0.15) is 5.75 Å². The second kappa shape index (κ2) is 5.75. The molecular weight excluding hydrogens is 256 g/mol. The first kappa shape index (κ1) is 15.7. The smallest absolute Gasteiger partial charge is 0.250 e. The second-order valence-electron chi connectivity index (χ2n) is 6.25. The van der Waals surface area contributed by atoms with Crippen molar-refractivity contribution in [3.05, 3.63) is 29.8 Å². The summed E-state index contributed by atoms with van der Waals surface area (Å²) >= 11 is 0. The minimum atomic E-state index is -1.80. The maximum absolute atomic E-state index is 11.2. The summed E-state index contributed by atoms with van der Waals surface area (Å²) in [6.45, 7) is 11.0. The van der Waals surface area contributed by atoms with Crippen molar-refractivity contribution in [2.45, 2.75) is 45.3 Å². The molecule has 1 amide bonds. The van der Waals surface area contributed by atoms with Gasteiger partial charge in [-0.3, -0.25) is 10.2 Å². The molecule has 0 saturated heterocycles. The molecule has 0 fully saturated rings. The van der Waals surface area contributed by atoms with E-state index in [0.717, 1.165) is 11.3 Å². The van der Waals surface area contributed by atoms with Crippen LogP contribution < -0.4 is 15.7 Å². The van der Waals surface area contributed by atoms with E-state index in [1.165, 1.54) is 0 Å². The molecule has 0 saturated carbocycles. The Bertz CT molecular complexity index is 436. The van der Waals surface area contributed by atoms with Crippen molar-refractivity contribution in [1.82, 2.24) is 5.43 Å². The molecule has 0 aliphatic rings. The molecule has 1 rings (SSSR count). The average Bonchev–Trinajstić information content (AvgIpc) is 2.29. The maximum Gasteiger partial charge on any atom is 0.250 e. The molecule has 4 nitrogen and oxygen atoms in total. The number of carbonyl (C=O) groups excluding carboxylic acids is 1. The monoisotopic (exact) mass is 280 g/mol. The van der Waals surface area contributed by atoms with Gasteiger partial charge < -0.3 is 4.43 Å². The van der Waals surface area contributed by atoms with E-state index in [0.29, 0.717) is 0 Å². The lowest BCUT2D eigenvalue weighted by molar-refractivity contribution is -0.120. The average molecular weight is 280 g/mol. The van der Waals surface area contributed by atoms with Crippen molar-refractivity contribution in [3.63, 3.8) is 0 Å². The largest absolute Gasteiger partial charge is 0.544 e. The molecule has 1 aromatic carbocycles. The lowest BCUT2D eigenvalue weighted by Crippen LogP contribution is -2.43. The fourth-order valence-corrected chi connectivity index (χ4v) is 2.39. The summed E-state index contributed by atoms with van der Waals surface area (Å²) in [5.74, 6) is 5.73. The molecule has 19 heavy (non-hydrogen) atoms. The molecule has 0 aromatic heterocycles. The Kier molecular flexibility index (Phi) is 4.76. The quantitative estimate of drug-likeness (QED) is 0.386. The Morgan fingerprint density at radius 3 is 2.21 bits per heavy atom. The van der Waals surface area contributed by atoms with Gasteiger partial charge in [0.25, 0.3) is 0 Å². The zero-order chi connectivity index (χ0) is 14.7. The standard InChI is InChI=1S/C14H24N2O2Si/c1-14(2,3)19(4,5)18-12-8-6-11(7-9-12)10-13(17)16-15/h6-9H,10,15H2,1-5H3,(H,16,17). The third kappa shape index (κ3) is 4.36. The van der Waals surface area contributed by atoms with E-state index in [1.807, 2.05) is 24.3 Å². The number of hydrazine groups is 1. The van der Waals surface area contributed by atoms with Crippen LogP contribution in [0.15, 0.2) is 24.3 Å². The lowest BCUT2D eigenvalue weighted by atomic mass is 10.1. The number of hydrogen-bond donors (Lipinski definition) is 2. The van der Waals surface area contributed by atoms with Crippen LogP contribution in [-0.2, 0) is 11.2 Å². The lowest BCUT2D eigenvalue weighted by Gasteiger charge is -2.36. The highest BCUT2D eigenvalue weighted by Gasteiger charge is 2.38. The van der Waals surface area contributed by atoms with Crippen LogP contribution in [0.5, 0.6) is 5.75 Å². The van der Waals surface area contributed by atoms with Gasteiger partial charge in [0.05, 0.1) is 6.42 Å². The van der Waals surface area contributed by atoms with Gasteiger partial charge in [0, 0.05) is 0 Å². The molecule has 3 N–H and O–H groups in total. The van der Waals surface area contributed by atoms with Crippen molar-refractivity contribution in [2.75, 3.05) is 0 Å². The molecule has 0 spiro atoms. The Balaban J connectivity index is 2.75. The number of carbonyl (C=O) groups is 1. The van der Waals surface area contributed by atoms with E-state index in [1.54, 1.807) is 0 Å². The molecule has 0 aliphatic heterocycles. The minimum absolute atomic E-state index is 0.172. The fraction of sp³-hybridized carbons (Fsp3) is 0.500. The summed E-state index contributed by atoms with van der Waals surface area (Å²) in [6, 6.07) is 7.63. The Hall–Kier alpha value is -1.33. The first-order valence-electron chi connectivity index (χ1n) is 6.43. The minimum Gasteiger partial charge on any atom is -0.544 e. The predicted octanol–water partition coefficient (Wildman–Crippen LogP) is 2.60. The second-order valence-corrected chi connectivity index (χ2v) is 11.0. The molecule has 0 aliphatic carbocycles. The van der Waals surface area contributed by atoms with Crippen LogP contribution in [0.2, 0.25) is 18.1 Å². The Labute approximate surface area is 116 Å². The van der Waals surface area contributed by atoms with E-state index in [9.17, 15) is 4.79 Å². The first-order chi connectivity index (χ1) is 8.65. The number of rotatable bonds is 4. The van der Waals surface area contributed by atoms with Crippen molar-refractivity contribution >= 4 is 14.2 Å². The molecule has 106 valence electrons. The predicted molar refractivity (Wildman–Crippen MR) is 80.3 cm³/mol. The third-order valence-electron chi connectivity index (χ3n) is 3.63. The van der Waals surface area contributed by atoms with Gasteiger partial charge in [-0.15, -0.1) is 0 Å². The van der Waals surface area contributed by atoms with Crippen LogP contribution in [0.4, 0.5) is 0 Å².